The van der Waals surface area contributed by atoms with Crippen LogP contribution in [0.3, 0.4) is 0 Å². The van der Waals surface area contributed by atoms with Crippen molar-refractivity contribution >= 4 is 17.3 Å². The first-order chi connectivity index (χ1) is 12.6. The Kier molecular flexibility index (Phi) is 4.74. The molecule has 2 aliphatic rings. The van der Waals surface area contributed by atoms with Crippen LogP contribution < -0.4 is 0 Å². The molecule has 2 aliphatic heterocycles. The highest BCUT2D eigenvalue weighted by Crippen LogP contribution is 2.43. The summed E-state index contributed by atoms with van der Waals surface area (Å²) in [7, 11) is 0. The third-order valence-corrected chi connectivity index (χ3v) is 6.31. The number of hydrogen-bond acceptors (Lipinski definition) is 7. The number of rotatable bonds is 6. The minimum Gasteiger partial charge on any atom is -0.481 e. The van der Waals surface area contributed by atoms with Gasteiger partial charge in [-0.05, 0) is 11.4 Å². The molecule has 2 aromatic heterocycles. The Morgan fingerprint density at radius 1 is 1.27 bits per heavy atom. The quantitative estimate of drug-likeness (QED) is 0.780. The maximum atomic E-state index is 12.0. The molecule has 0 radical (unpaired) electrons. The van der Waals surface area contributed by atoms with Gasteiger partial charge in [0.15, 0.2) is 5.82 Å². The van der Waals surface area contributed by atoms with Crippen LogP contribution in [-0.2, 0) is 11.3 Å². The number of hydrogen-bond donors (Lipinski definition) is 2. The van der Waals surface area contributed by atoms with Crippen molar-refractivity contribution < 1.29 is 15.0 Å². The maximum absolute atomic E-state index is 12.0. The van der Waals surface area contributed by atoms with Crippen LogP contribution in [0.5, 0.6) is 0 Å². The highest BCUT2D eigenvalue weighted by molar-refractivity contribution is 7.13. The molecule has 4 rings (SSSR count). The summed E-state index contributed by atoms with van der Waals surface area (Å²) in [4.78, 5) is 26.2. The van der Waals surface area contributed by atoms with Crippen molar-refractivity contribution in [2.24, 2.45) is 11.3 Å². The van der Waals surface area contributed by atoms with E-state index in [1.807, 2.05) is 29.9 Å². The number of fused-ring (bicyclic) bond motifs is 1. The van der Waals surface area contributed by atoms with Crippen molar-refractivity contribution in [1.82, 2.24) is 19.8 Å². The first kappa shape index (κ1) is 17.5. The van der Waals surface area contributed by atoms with E-state index in [1.54, 1.807) is 11.3 Å². The van der Waals surface area contributed by atoms with Crippen LogP contribution in [-0.4, -0.2) is 75.3 Å². The number of nitrogens with zero attached hydrogens (tertiary/aromatic N) is 4. The summed E-state index contributed by atoms with van der Waals surface area (Å²) in [6.07, 6.45) is 3.67. The van der Waals surface area contributed by atoms with Crippen LogP contribution in [0.1, 0.15) is 5.56 Å². The summed E-state index contributed by atoms with van der Waals surface area (Å²) in [5, 5.41) is 21.0. The molecule has 2 fully saturated rings. The van der Waals surface area contributed by atoms with Gasteiger partial charge in [0, 0.05) is 63.1 Å². The van der Waals surface area contributed by atoms with Crippen LogP contribution in [0.4, 0.5) is 0 Å². The predicted molar refractivity (Wildman–Crippen MR) is 97.7 cm³/mol. The largest absolute Gasteiger partial charge is 0.481 e. The molecule has 0 aromatic carbocycles. The molecule has 8 heteroatoms. The van der Waals surface area contributed by atoms with Gasteiger partial charge < -0.3 is 10.2 Å². The zero-order chi connectivity index (χ0) is 18.1. The van der Waals surface area contributed by atoms with Crippen LogP contribution >= 0.6 is 11.3 Å². The van der Waals surface area contributed by atoms with Gasteiger partial charge in [-0.1, -0.05) is 6.07 Å². The van der Waals surface area contributed by atoms with Crippen molar-refractivity contribution in [1.29, 1.82) is 0 Å². The molecule has 138 valence electrons. The Balaban J connectivity index is 1.43. The highest BCUT2D eigenvalue weighted by Gasteiger charge is 2.57. The number of aliphatic hydroxyl groups excluding tert-OH is 1. The van der Waals surface area contributed by atoms with Gasteiger partial charge in [-0.2, -0.15) is 0 Å². The van der Waals surface area contributed by atoms with E-state index >= 15 is 0 Å². The second-order valence-electron chi connectivity index (χ2n) is 7.18. The average molecular weight is 374 g/mol. The molecule has 2 N–H and O–H groups in total. The van der Waals surface area contributed by atoms with E-state index in [1.165, 1.54) is 0 Å². The van der Waals surface area contributed by atoms with E-state index in [0.717, 1.165) is 29.4 Å². The smallest absolute Gasteiger partial charge is 0.312 e. The molecule has 0 bridgehead atoms. The first-order valence-corrected chi connectivity index (χ1v) is 9.62. The number of carbonyl (C=O) groups is 1. The lowest BCUT2D eigenvalue weighted by molar-refractivity contribution is -0.149. The fourth-order valence-electron chi connectivity index (χ4n) is 4.24. The zero-order valence-electron chi connectivity index (χ0n) is 14.4. The minimum absolute atomic E-state index is 0.0695. The van der Waals surface area contributed by atoms with Crippen molar-refractivity contribution in [3.05, 3.63) is 35.5 Å². The Hall–Kier alpha value is -1.87. The van der Waals surface area contributed by atoms with Gasteiger partial charge in [-0.3, -0.25) is 14.6 Å². The number of carboxylic acid groups (broad SMARTS) is 1. The van der Waals surface area contributed by atoms with Crippen molar-refractivity contribution in [3.63, 3.8) is 0 Å². The molecule has 0 unspecified atom stereocenters. The number of likely N-dealkylation sites (tertiary alicyclic amines) is 2. The zero-order valence-corrected chi connectivity index (χ0v) is 15.2. The normalized spacial score (nSPS) is 26.3. The summed E-state index contributed by atoms with van der Waals surface area (Å²) in [6.45, 7) is 3.80. The van der Waals surface area contributed by atoms with Gasteiger partial charge in [0.05, 0.1) is 16.9 Å². The summed E-state index contributed by atoms with van der Waals surface area (Å²) < 4.78 is 0. The molecular weight excluding hydrogens is 352 g/mol. The van der Waals surface area contributed by atoms with E-state index < -0.39 is 11.4 Å². The van der Waals surface area contributed by atoms with Gasteiger partial charge in [0.2, 0.25) is 0 Å². The summed E-state index contributed by atoms with van der Waals surface area (Å²) in [6, 6.07) is 3.97. The molecule has 2 saturated heterocycles. The number of aliphatic carboxylic acids is 1. The van der Waals surface area contributed by atoms with Crippen molar-refractivity contribution in [3.8, 4) is 10.7 Å². The van der Waals surface area contributed by atoms with E-state index in [-0.39, 0.29) is 12.5 Å². The Morgan fingerprint density at radius 3 is 2.62 bits per heavy atom. The molecule has 7 nitrogen and oxygen atoms in total. The standard InChI is InChI=1S/C18H22N4O3S/c23-4-3-21-9-14-10-22(12-18(14,11-21)17(24)25)8-13-6-19-16(20-7-13)15-2-1-5-26-15/h1-2,5-7,14,23H,3-4,8-12H2,(H,24,25)/t14-,18-/m1/s1. The maximum Gasteiger partial charge on any atom is 0.312 e. The molecule has 0 saturated carbocycles. The molecular formula is C18H22N4O3S. The van der Waals surface area contributed by atoms with Crippen molar-refractivity contribution in [2.45, 2.75) is 6.54 Å². The first-order valence-electron chi connectivity index (χ1n) is 8.74. The SMILES string of the molecule is O=C(O)[C@@]12CN(CCO)C[C@@H]1CN(Cc1cnc(-c3cccs3)nc1)C2. The van der Waals surface area contributed by atoms with Gasteiger partial charge in [0.25, 0.3) is 0 Å². The Morgan fingerprint density at radius 2 is 2.00 bits per heavy atom. The molecule has 2 aromatic rings. The Bertz CT molecular complexity index is 767. The van der Waals surface area contributed by atoms with Crippen LogP contribution in [0.25, 0.3) is 10.7 Å². The fraction of sp³-hybridized carbons (Fsp3) is 0.500. The number of thiophene rings is 1. The number of carboxylic acids is 1. The molecule has 0 amide bonds. The number of β-amino-alcohol motifs (C(OH)–C–C–N with tert-alkyl or cyclic N) is 1. The third kappa shape index (κ3) is 3.14. The number of aliphatic hydroxyl groups is 1. The Labute approximate surface area is 155 Å². The van der Waals surface area contributed by atoms with Gasteiger partial charge in [-0.15, -0.1) is 11.3 Å². The molecule has 0 aliphatic carbocycles. The van der Waals surface area contributed by atoms with Crippen LogP contribution in [0.15, 0.2) is 29.9 Å². The summed E-state index contributed by atoms with van der Waals surface area (Å²) >= 11 is 1.61. The second kappa shape index (κ2) is 7.03. The minimum atomic E-state index is -0.729. The molecule has 0 spiro atoms. The van der Waals surface area contributed by atoms with Crippen LogP contribution in [0.2, 0.25) is 0 Å². The van der Waals surface area contributed by atoms with E-state index in [4.69, 9.17) is 5.11 Å². The summed E-state index contributed by atoms with van der Waals surface area (Å²) in [5.74, 6) is 0.0938. The molecule has 26 heavy (non-hydrogen) atoms. The topological polar surface area (TPSA) is 89.8 Å². The van der Waals surface area contributed by atoms with Crippen LogP contribution in [0, 0.1) is 11.3 Å². The predicted octanol–water partition coefficient (Wildman–Crippen LogP) is 1.02. The molecule has 2 atom stereocenters. The number of aromatic nitrogens is 2. The van der Waals surface area contributed by atoms with E-state index in [0.29, 0.717) is 26.2 Å². The lowest BCUT2D eigenvalue weighted by Crippen LogP contribution is -2.41. The van der Waals surface area contributed by atoms with E-state index in [9.17, 15) is 9.90 Å². The van der Waals surface area contributed by atoms with E-state index in [2.05, 4.69) is 19.8 Å². The third-order valence-electron chi connectivity index (χ3n) is 5.45. The summed E-state index contributed by atoms with van der Waals surface area (Å²) in [5.41, 5.74) is 0.269. The lowest BCUT2D eigenvalue weighted by Gasteiger charge is -2.25. The van der Waals surface area contributed by atoms with Crippen molar-refractivity contribution in [2.75, 3.05) is 39.3 Å². The lowest BCUT2D eigenvalue weighted by atomic mass is 9.81. The monoisotopic (exact) mass is 374 g/mol. The van der Waals surface area contributed by atoms with Gasteiger partial charge in [0.1, 0.15) is 0 Å². The highest BCUT2D eigenvalue weighted by atomic mass is 32.1. The second-order valence-corrected chi connectivity index (χ2v) is 8.13. The van der Waals surface area contributed by atoms with Gasteiger partial charge >= 0.3 is 5.97 Å². The average Bonchev–Trinajstić information content (AvgIpc) is 3.31. The van der Waals surface area contributed by atoms with Gasteiger partial charge in [-0.25, -0.2) is 9.97 Å². The molecule has 4 heterocycles. The fourth-order valence-corrected chi connectivity index (χ4v) is 4.91.